The summed E-state index contributed by atoms with van der Waals surface area (Å²) in [6.45, 7) is 3.73. The molecule has 80 valence electrons. The maximum absolute atomic E-state index is 10.3. The predicted molar refractivity (Wildman–Crippen MR) is 50.5 cm³/mol. The zero-order valence-electron chi connectivity index (χ0n) is 8.79. The Morgan fingerprint density at radius 3 is 2.21 bits per heavy atom. The molecule has 2 aliphatic carbocycles. The summed E-state index contributed by atoms with van der Waals surface area (Å²) >= 11 is 0. The largest absolute Gasteiger partial charge is 0.390 e. The second-order valence-corrected chi connectivity index (χ2v) is 5.58. The molecule has 3 heteroatoms. The van der Waals surface area contributed by atoms with Crippen LogP contribution in [0.3, 0.4) is 0 Å². The van der Waals surface area contributed by atoms with Crippen LogP contribution in [0.2, 0.25) is 0 Å². The van der Waals surface area contributed by atoms with Crippen LogP contribution in [0.15, 0.2) is 0 Å². The second kappa shape index (κ2) is 2.18. The Kier molecular flexibility index (Phi) is 1.42. The fourth-order valence-corrected chi connectivity index (χ4v) is 3.20. The molecule has 3 fully saturated rings. The van der Waals surface area contributed by atoms with E-state index in [1.165, 1.54) is 0 Å². The summed E-state index contributed by atoms with van der Waals surface area (Å²) in [5, 5.41) is 20.4. The third-order valence-electron chi connectivity index (χ3n) is 4.69. The van der Waals surface area contributed by atoms with Crippen molar-refractivity contribution in [3.05, 3.63) is 0 Å². The minimum atomic E-state index is -1.05. The molecule has 0 aromatic rings. The van der Waals surface area contributed by atoms with E-state index in [0.29, 0.717) is 0 Å². The SMILES string of the molecule is C[C@H]1C2(CC2)[C@@H](O)C2(CC2)O[C@]1(C)O. The fourth-order valence-electron chi connectivity index (χ4n) is 3.20. The molecule has 0 aromatic carbocycles. The molecular formula is C11H18O3. The lowest BCUT2D eigenvalue weighted by Gasteiger charge is -2.49. The van der Waals surface area contributed by atoms with Crippen molar-refractivity contribution in [3.63, 3.8) is 0 Å². The molecule has 3 atom stereocenters. The van der Waals surface area contributed by atoms with Gasteiger partial charge in [0.05, 0.1) is 11.7 Å². The Morgan fingerprint density at radius 2 is 1.79 bits per heavy atom. The van der Waals surface area contributed by atoms with Gasteiger partial charge in [-0.25, -0.2) is 0 Å². The van der Waals surface area contributed by atoms with Crippen molar-refractivity contribution in [2.75, 3.05) is 0 Å². The molecule has 0 amide bonds. The van der Waals surface area contributed by atoms with Crippen molar-refractivity contribution >= 4 is 0 Å². The first-order valence-corrected chi connectivity index (χ1v) is 5.54. The Hall–Kier alpha value is -0.120. The Bertz CT molecular complexity index is 264. The maximum Gasteiger partial charge on any atom is 0.166 e. The number of rotatable bonds is 0. The van der Waals surface area contributed by atoms with Crippen LogP contribution < -0.4 is 0 Å². The van der Waals surface area contributed by atoms with Gasteiger partial charge in [0, 0.05) is 11.3 Å². The highest BCUT2D eigenvalue weighted by Gasteiger charge is 2.72. The van der Waals surface area contributed by atoms with E-state index >= 15 is 0 Å². The molecule has 0 radical (unpaired) electrons. The van der Waals surface area contributed by atoms with E-state index < -0.39 is 11.4 Å². The van der Waals surface area contributed by atoms with Gasteiger partial charge in [0.25, 0.3) is 0 Å². The Labute approximate surface area is 84.1 Å². The normalized spacial score (nSPS) is 52.3. The lowest BCUT2D eigenvalue weighted by atomic mass is 9.74. The van der Waals surface area contributed by atoms with Crippen molar-refractivity contribution in [3.8, 4) is 0 Å². The van der Waals surface area contributed by atoms with Gasteiger partial charge < -0.3 is 14.9 Å². The maximum atomic E-state index is 10.3. The van der Waals surface area contributed by atoms with E-state index in [4.69, 9.17) is 4.74 Å². The van der Waals surface area contributed by atoms with Gasteiger partial charge in [0.2, 0.25) is 0 Å². The summed E-state index contributed by atoms with van der Waals surface area (Å²) in [6.07, 6.45) is 3.52. The summed E-state index contributed by atoms with van der Waals surface area (Å²) in [4.78, 5) is 0. The molecule has 3 nitrogen and oxygen atoms in total. The number of ether oxygens (including phenoxy) is 1. The lowest BCUT2D eigenvalue weighted by molar-refractivity contribution is -0.326. The summed E-state index contributed by atoms with van der Waals surface area (Å²) in [5.41, 5.74) is -0.440. The van der Waals surface area contributed by atoms with Gasteiger partial charge in [0.15, 0.2) is 5.79 Å². The van der Waals surface area contributed by atoms with E-state index in [1.54, 1.807) is 6.92 Å². The van der Waals surface area contributed by atoms with Gasteiger partial charge >= 0.3 is 0 Å². The molecule has 0 bridgehead atoms. The van der Waals surface area contributed by atoms with Crippen LogP contribution in [0.5, 0.6) is 0 Å². The van der Waals surface area contributed by atoms with Gasteiger partial charge in [-0.3, -0.25) is 0 Å². The highest BCUT2D eigenvalue weighted by Crippen LogP contribution is 2.68. The van der Waals surface area contributed by atoms with Gasteiger partial charge in [-0.2, -0.15) is 0 Å². The van der Waals surface area contributed by atoms with Crippen molar-refractivity contribution in [1.29, 1.82) is 0 Å². The number of hydrogen-bond acceptors (Lipinski definition) is 3. The van der Waals surface area contributed by atoms with Crippen LogP contribution in [0.4, 0.5) is 0 Å². The smallest absolute Gasteiger partial charge is 0.166 e. The van der Waals surface area contributed by atoms with Gasteiger partial charge in [-0.15, -0.1) is 0 Å². The third-order valence-corrected chi connectivity index (χ3v) is 4.69. The molecule has 3 rings (SSSR count). The van der Waals surface area contributed by atoms with Crippen LogP contribution in [0, 0.1) is 11.3 Å². The lowest BCUT2D eigenvalue weighted by Crippen LogP contribution is -2.58. The molecular weight excluding hydrogens is 180 g/mol. The summed E-state index contributed by atoms with van der Waals surface area (Å²) < 4.78 is 5.68. The minimum absolute atomic E-state index is 0.0382. The molecule has 14 heavy (non-hydrogen) atoms. The van der Waals surface area contributed by atoms with Crippen molar-refractivity contribution in [2.45, 2.75) is 57.0 Å². The summed E-state index contributed by atoms with van der Waals surface area (Å²) in [7, 11) is 0. The molecule has 0 unspecified atom stereocenters. The monoisotopic (exact) mass is 198 g/mol. The molecule has 2 N–H and O–H groups in total. The topological polar surface area (TPSA) is 49.7 Å². The van der Waals surface area contributed by atoms with Gasteiger partial charge in [0.1, 0.15) is 0 Å². The molecule has 2 spiro atoms. The first-order chi connectivity index (χ1) is 6.43. The molecule has 0 aromatic heterocycles. The van der Waals surface area contributed by atoms with Crippen LogP contribution in [0.25, 0.3) is 0 Å². The van der Waals surface area contributed by atoms with E-state index in [1.807, 2.05) is 6.92 Å². The quantitative estimate of drug-likeness (QED) is 0.611. The molecule has 1 aliphatic heterocycles. The van der Waals surface area contributed by atoms with Crippen molar-refractivity contribution in [1.82, 2.24) is 0 Å². The third kappa shape index (κ3) is 0.884. The Morgan fingerprint density at radius 1 is 1.21 bits per heavy atom. The first-order valence-electron chi connectivity index (χ1n) is 5.54. The zero-order chi connectivity index (χ0) is 10.2. The van der Waals surface area contributed by atoms with Gasteiger partial charge in [-0.1, -0.05) is 6.92 Å². The van der Waals surface area contributed by atoms with Crippen molar-refractivity contribution in [2.24, 2.45) is 11.3 Å². The Balaban J connectivity index is 1.98. The summed E-state index contributed by atoms with van der Waals surface area (Å²) in [6, 6.07) is 0. The molecule has 1 saturated heterocycles. The van der Waals surface area contributed by atoms with E-state index in [9.17, 15) is 10.2 Å². The number of aliphatic hydroxyl groups excluding tert-OH is 1. The average Bonchev–Trinajstić information content (AvgIpc) is 2.95. The van der Waals surface area contributed by atoms with Crippen LogP contribution in [-0.2, 0) is 4.74 Å². The summed E-state index contributed by atoms with van der Waals surface area (Å²) in [5.74, 6) is -1.01. The van der Waals surface area contributed by atoms with E-state index in [-0.39, 0.29) is 17.4 Å². The van der Waals surface area contributed by atoms with Crippen LogP contribution in [0.1, 0.15) is 39.5 Å². The first kappa shape index (κ1) is 9.13. The molecule has 3 aliphatic rings. The van der Waals surface area contributed by atoms with Crippen LogP contribution in [-0.4, -0.2) is 27.7 Å². The van der Waals surface area contributed by atoms with E-state index in [2.05, 4.69) is 0 Å². The number of aliphatic hydroxyl groups is 2. The number of hydrogen-bond donors (Lipinski definition) is 2. The minimum Gasteiger partial charge on any atom is -0.390 e. The second-order valence-electron chi connectivity index (χ2n) is 5.58. The highest BCUT2D eigenvalue weighted by molar-refractivity contribution is 5.19. The highest BCUT2D eigenvalue weighted by atomic mass is 16.7. The van der Waals surface area contributed by atoms with Gasteiger partial charge in [-0.05, 0) is 32.6 Å². The van der Waals surface area contributed by atoms with Crippen molar-refractivity contribution < 1.29 is 14.9 Å². The van der Waals surface area contributed by atoms with E-state index in [0.717, 1.165) is 25.7 Å². The average molecular weight is 198 g/mol. The van der Waals surface area contributed by atoms with Crippen LogP contribution >= 0.6 is 0 Å². The fraction of sp³-hybridized carbons (Fsp3) is 1.00. The zero-order valence-corrected chi connectivity index (χ0v) is 8.79. The molecule has 2 saturated carbocycles. The standard InChI is InChI=1S/C11H18O3/c1-7-9(2,13)14-11(5-6-11)8(12)10(7)3-4-10/h7-8,12-13H,3-6H2,1-2H3/t7-,8-,9+/m1/s1. The predicted octanol–water partition coefficient (Wildman–Crippen LogP) is 1.03. The molecule has 1 heterocycles.